The van der Waals surface area contributed by atoms with Gasteiger partial charge in [0.25, 0.3) is 0 Å². The number of aromatic nitrogens is 2. The molecule has 1 N–H and O–H groups in total. The van der Waals surface area contributed by atoms with Gasteiger partial charge in [0.05, 0.1) is 15.5 Å². The Kier molecular flexibility index (Phi) is 5.79. The molecule has 3 aromatic rings. The number of nitro groups is 1. The molecule has 0 amide bonds. The van der Waals surface area contributed by atoms with E-state index in [0.717, 1.165) is 29.6 Å². The molecule has 3 rings (SSSR count). The van der Waals surface area contributed by atoms with E-state index in [-0.39, 0.29) is 17.4 Å². The molecule has 0 aliphatic rings. The summed E-state index contributed by atoms with van der Waals surface area (Å²) in [7, 11) is 0. The number of rotatable bonds is 5. The van der Waals surface area contributed by atoms with Gasteiger partial charge >= 0.3 is 17.7 Å². The quantitative estimate of drug-likeness (QED) is 0.376. The lowest BCUT2D eigenvalue weighted by Crippen LogP contribution is -2.07. The number of aryl methyl sites for hydroxylation is 2. The molecule has 0 unspecified atom stereocenters. The summed E-state index contributed by atoms with van der Waals surface area (Å²) < 4.78 is 44.8. The second-order valence-corrected chi connectivity index (χ2v) is 6.78. The highest BCUT2D eigenvalue weighted by Crippen LogP contribution is 2.39. The van der Waals surface area contributed by atoms with Gasteiger partial charge in [0.15, 0.2) is 0 Å². The number of hydrogen-bond donors (Lipinski definition) is 1. The number of nitrogens with zero attached hydrogens (tertiary/aromatic N) is 3. The van der Waals surface area contributed by atoms with Crippen molar-refractivity contribution in [2.45, 2.75) is 20.0 Å². The molecular weight excluding hydrogens is 425 g/mol. The van der Waals surface area contributed by atoms with Crippen molar-refractivity contribution in [2.24, 2.45) is 0 Å². The minimum Gasteiger partial charge on any atom is -0.434 e. The highest BCUT2D eigenvalue weighted by Gasteiger charge is 2.34. The van der Waals surface area contributed by atoms with Crippen LogP contribution in [0.2, 0.25) is 5.02 Å². The molecule has 1 aromatic heterocycles. The van der Waals surface area contributed by atoms with Gasteiger partial charge in [0.2, 0.25) is 5.82 Å². The Labute approximate surface area is 173 Å². The largest absolute Gasteiger partial charge is 0.434 e. The van der Waals surface area contributed by atoms with E-state index in [1.165, 1.54) is 6.07 Å². The first-order valence-electron chi connectivity index (χ1n) is 8.44. The normalized spacial score (nSPS) is 11.3. The van der Waals surface area contributed by atoms with Crippen LogP contribution in [0.1, 0.15) is 16.7 Å². The van der Waals surface area contributed by atoms with Crippen molar-refractivity contribution in [1.29, 1.82) is 0 Å². The lowest BCUT2D eigenvalue weighted by molar-refractivity contribution is -0.385. The van der Waals surface area contributed by atoms with Gasteiger partial charge in [-0.1, -0.05) is 17.7 Å². The average molecular weight is 439 g/mol. The first-order chi connectivity index (χ1) is 14.0. The predicted molar refractivity (Wildman–Crippen MR) is 104 cm³/mol. The van der Waals surface area contributed by atoms with E-state index in [0.29, 0.717) is 5.75 Å². The molecule has 0 aliphatic heterocycles. The van der Waals surface area contributed by atoms with Crippen molar-refractivity contribution in [2.75, 3.05) is 5.32 Å². The summed E-state index contributed by atoms with van der Waals surface area (Å²) in [5, 5.41) is 13.7. The van der Waals surface area contributed by atoms with Crippen LogP contribution >= 0.6 is 11.6 Å². The van der Waals surface area contributed by atoms with E-state index >= 15 is 0 Å². The highest BCUT2D eigenvalue weighted by atomic mass is 35.5. The third-order valence-electron chi connectivity index (χ3n) is 3.92. The number of hydrogen-bond acceptors (Lipinski definition) is 6. The fourth-order valence-corrected chi connectivity index (χ4v) is 2.98. The molecule has 7 nitrogen and oxygen atoms in total. The fourth-order valence-electron chi connectivity index (χ4n) is 2.75. The number of alkyl halides is 3. The van der Waals surface area contributed by atoms with Gasteiger partial charge in [0, 0.05) is 5.69 Å². The van der Waals surface area contributed by atoms with Crippen molar-refractivity contribution in [1.82, 2.24) is 9.97 Å². The SMILES string of the molecule is Cc1cc(C)cc(Oc2ncnc(Nc3ccc(Cl)c(C(F)(F)F)c3)c2[N+](=O)[O-])c1. The summed E-state index contributed by atoms with van der Waals surface area (Å²) in [4.78, 5) is 18.5. The van der Waals surface area contributed by atoms with Gasteiger partial charge in [-0.05, 0) is 55.3 Å². The summed E-state index contributed by atoms with van der Waals surface area (Å²) in [6, 6.07) is 8.24. The van der Waals surface area contributed by atoms with Crippen LogP contribution in [0, 0.1) is 24.0 Å². The van der Waals surface area contributed by atoms with Crippen LogP contribution < -0.4 is 10.1 Å². The Hall–Kier alpha value is -3.40. The summed E-state index contributed by atoms with van der Waals surface area (Å²) in [5.41, 5.74) is -0.0505. The van der Waals surface area contributed by atoms with Gasteiger partial charge in [-0.2, -0.15) is 18.2 Å². The van der Waals surface area contributed by atoms with E-state index in [1.54, 1.807) is 12.1 Å². The molecule has 0 radical (unpaired) electrons. The standard InChI is InChI=1S/C19H14ClF3N4O3/c1-10-5-11(2)7-13(6-10)30-18-16(27(28)29)17(24-9-25-18)26-12-3-4-15(20)14(8-12)19(21,22)23/h3-9H,1-2H3,(H,24,25,26). The maximum Gasteiger partial charge on any atom is 0.417 e. The summed E-state index contributed by atoms with van der Waals surface area (Å²) >= 11 is 5.60. The van der Waals surface area contributed by atoms with E-state index in [9.17, 15) is 23.3 Å². The maximum absolute atomic E-state index is 13.1. The summed E-state index contributed by atoms with van der Waals surface area (Å²) in [6.07, 6.45) is -3.68. The molecule has 1 heterocycles. The minimum atomic E-state index is -4.69. The Balaban J connectivity index is 2.00. The lowest BCUT2D eigenvalue weighted by Gasteiger charge is -2.13. The average Bonchev–Trinajstić information content (AvgIpc) is 2.61. The zero-order valence-electron chi connectivity index (χ0n) is 15.6. The van der Waals surface area contributed by atoms with Crippen molar-refractivity contribution < 1.29 is 22.8 Å². The Morgan fingerprint density at radius 3 is 2.37 bits per heavy atom. The first kappa shape index (κ1) is 21.3. The van der Waals surface area contributed by atoms with Crippen LogP contribution in [0.25, 0.3) is 0 Å². The van der Waals surface area contributed by atoms with Crippen molar-refractivity contribution in [3.05, 3.63) is 74.6 Å². The van der Waals surface area contributed by atoms with E-state index in [4.69, 9.17) is 16.3 Å². The van der Waals surface area contributed by atoms with Crippen LogP contribution in [-0.2, 0) is 6.18 Å². The Morgan fingerprint density at radius 2 is 1.77 bits per heavy atom. The molecule has 0 aliphatic carbocycles. The molecule has 30 heavy (non-hydrogen) atoms. The van der Waals surface area contributed by atoms with E-state index < -0.39 is 27.4 Å². The van der Waals surface area contributed by atoms with E-state index in [1.807, 2.05) is 19.9 Å². The van der Waals surface area contributed by atoms with E-state index in [2.05, 4.69) is 15.3 Å². The van der Waals surface area contributed by atoms with Crippen LogP contribution in [0.15, 0.2) is 42.7 Å². The monoisotopic (exact) mass is 438 g/mol. The van der Waals surface area contributed by atoms with Crippen LogP contribution in [0.5, 0.6) is 11.6 Å². The molecular formula is C19H14ClF3N4O3. The second kappa shape index (κ2) is 8.15. The molecule has 0 fully saturated rings. The molecule has 0 bridgehead atoms. The zero-order valence-corrected chi connectivity index (χ0v) is 16.4. The lowest BCUT2D eigenvalue weighted by atomic mass is 10.1. The van der Waals surface area contributed by atoms with Crippen LogP contribution in [0.4, 0.5) is 30.4 Å². The fraction of sp³-hybridized carbons (Fsp3) is 0.158. The third kappa shape index (κ3) is 4.77. The number of nitrogens with one attached hydrogen (secondary N) is 1. The maximum atomic E-state index is 13.1. The summed E-state index contributed by atoms with van der Waals surface area (Å²) in [6.45, 7) is 3.67. The molecule has 0 spiro atoms. The Morgan fingerprint density at radius 1 is 1.10 bits per heavy atom. The molecule has 0 saturated heterocycles. The minimum absolute atomic E-state index is 0.0918. The smallest absolute Gasteiger partial charge is 0.417 e. The number of anilines is 2. The van der Waals surface area contributed by atoms with Gasteiger partial charge in [-0.3, -0.25) is 10.1 Å². The van der Waals surface area contributed by atoms with Crippen molar-refractivity contribution in [3.63, 3.8) is 0 Å². The topological polar surface area (TPSA) is 90.2 Å². The van der Waals surface area contributed by atoms with Gasteiger partial charge < -0.3 is 10.1 Å². The van der Waals surface area contributed by atoms with Crippen LogP contribution in [-0.4, -0.2) is 14.9 Å². The number of halogens is 4. The van der Waals surface area contributed by atoms with Crippen molar-refractivity contribution >= 4 is 28.8 Å². The van der Waals surface area contributed by atoms with Crippen molar-refractivity contribution in [3.8, 4) is 11.6 Å². The third-order valence-corrected chi connectivity index (χ3v) is 4.25. The predicted octanol–water partition coefficient (Wildman–Crippen LogP) is 6.21. The highest BCUT2D eigenvalue weighted by molar-refractivity contribution is 6.31. The van der Waals surface area contributed by atoms with Gasteiger partial charge in [0.1, 0.15) is 12.1 Å². The summed E-state index contributed by atoms with van der Waals surface area (Å²) in [5.74, 6) is -0.358. The second-order valence-electron chi connectivity index (χ2n) is 6.38. The molecule has 0 atom stereocenters. The zero-order chi connectivity index (χ0) is 22.1. The molecule has 2 aromatic carbocycles. The first-order valence-corrected chi connectivity index (χ1v) is 8.81. The number of ether oxygens (including phenoxy) is 1. The molecule has 0 saturated carbocycles. The van der Waals surface area contributed by atoms with Crippen LogP contribution in [0.3, 0.4) is 0 Å². The van der Waals surface area contributed by atoms with Gasteiger partial charge in [-0.15, -0.1) is 0 Å². The van der Waals surface area contributed by atoms with Gasteiger partial charge in [-0.25, -0.2) is 4.98 Å². The molecule has 11 heteroatoms. The Bertz CT molecular complexity index is 1100. The molecule has 156 valence electrons. The number of benzene rings is 2.